The van der Waals surface area contributed by atoms with Crippen molar-refractivity contribution in [2.24, 2.45) is 21.6 Å². The van der Waals surface area contributed by atoms with Crippen LogP contribution in [0.1, 0.15) is 25.3 Å². The Balaban J connectivity index is 2.41. The minimum atomic E-state index is -3.86. The van der Waals surface area contributed by atoms with Gasteiger partial charge in [-0.2, -0.15) is 0 Å². The van der Waals surface area contributed by atoms with Crippen molar-refractivity contribution in [3.63, 3.8) is 0 Å². The van der Waals surface area contributed by atoms with E-state index in [1.54, 1.807) is 6.08 Å². The summed E-state index contributed by atoms with van der Waals surface area (Å²) in [5.74, 6) is -0.146. The minimum Gasteiger partial charge on any atom is -0.387 e. The van der Waals surface area contributed by atoms with Gasteiger partial charge in [-0.25, -0.2) is 23.6 Å². The molecule has 1 amide bonds. The number of rotatable bonds is 7. The second-order valence-corrected chi connectivity index (χ2v) is 7.31. The minimum absolute atomic E-state index is 0.0742. The van der Waals surface area contributed by atoms with Crippen LogP contribution in [-0.2, 0) is 19.7 Å². The number of amides is 1. The number of nitrogens with zero attached hydrogens (tertiary/aromatic N) is 2. The molecule has 0 spiro atoms. The van der Waals surface area contributed by atoms with Crippen LogP contribution < -0.4 is 16.6 Å². The summed E-state index contributed by atoms with van der Waals surface area (Å²) < 4.78 is 23.0. The Kier molecular flexibility index (Phi) is 6.48. The average molecular weight is 381 g/mol. The number of nitrogens with two attached hydrogens (primary N) is 3. The zero-order valence-electron chi connectivity index (χ0n) is 14.5. The highest BCUT2D eigenvalue weighted by Gasteiger charge is 2.22. The van der Waals surface area contributed by atoms with E-state index >= 15 is 0 Å². The van der Waals surface area contributed by atoms with Crippen LogP contribution in [0.2, 0.25) is 0 Å². The van der Waals surface area contributed by atoms with Crippen molar-refractivity contribution in [3.8, 4) is 0 Å². The molecule has 9 nitrogen and oxygen atoms in total. The molecule has 0 saturated heterocycles. The van der Waals surface area contributed by atoms with Gasteiger partial charge in [0.05, 0.1) is 17.2 Å². The molecule has 0 aromatic heterocycles. The second kappa shape index (κ2) is 8.41. The Labute approximate surface area is 152 Å². The standard InChI is InChI=1S/C16H23N5O4S/c1-2-6-21(25-7-5-17)16(22)12-8-11-3-4-13(26(19,23)24)10-14(11)20-15(18)9-12/h3-4,8,10H,2,5-7,9,17H2,1H3,(H2,18,20)(H2,19,23,24). The summed E-state index contributed by atoms with van der Waals surface area (Å²) in [6.45, 7) is 2.84. The van der Waals surface area contributed by atoms with Gasteiger partial charge in [0.15, 0.2) is 0 Å². The van der Waals surface area contributed by atoms with Gasteiger partial charge in [0, 0.05) is 30.6 Å². The van der Waals surface area contributed by atoms with Crippen molar-refractivity contribution >= 4 is 33.5 Å². The molecule has 0 fully saturated rings. The summed E-state index contributed by atoms with van der Waals surface area (Å²) >= 11 is 0. The summed E-state index contributed by atoms with van der Waals surface area (Å²) in [6, 6.07) is 4.23. The first-order valence-electron chi connectivity index (χ1n) is 8.11. The number of amidine groups is 1. The molecule has 142 valence electrons. The largest absolute Gasteiger partial charge is 0.387 e. The summed E-state index contributed by atoms with van der Waals surface area (Å²) in [5, 5.41) is 6.41. The average Bonchev–Trinajstić information content (AvgIpc) is 2.74. The van der Waals surface area contributed by atoms with Gasteiger partial charge < -0.3 is 11.5 Å². The number of primary sulfonamides is 1. The Hall–Kier alpha value is -2.27. The van der Waals surface area contributed by atoms with E-state index in [1.165, 1.54) is 23.3 Å². The van der Waals surface area contributed by atoms with Gasteiger partial charge in [-0.3, -0.25) is 9.63 Å². The lowest BCUT2D eigenvalue weighted by atomic mass is 10.1. The smallest absolute Gasteiger partial charge is 0.273 e. The molecule has 26 heavy (non-hydrogen) atoms. The monoisotopic (exact) mass is 381 g/mol. The predicted molar refractivity (Wildman–Crippen MR) is 98.7 cm³/mol. The molecule has 0 unspecified atom stereocenters. The van der Waals surface area contributed by atoms with Crippen molar-refractivity contribution in [2.75, 3.05) is 19.7 Å². The molecule has 0 atom stereocenters. The second-order valence-electron chi connectivity index (χ2n) is 5.74. The molecule has 0 radical (unpaired) electrons. The van der Waals surface area contributed by atoms with Gasteiger partial charge in [0.1, 0.15) is 5.84 Å². The van der Waals surface area contributed by atoms with Crippen molar-refractivity contribution in [2.45, 2.75) is 24.7 Å². The van der Waals surface area contributed by atoms with Crippen LogP contribution in [-0.4, -0.2) is 44.9 Å². The number of hydroxylamine groups is 2. The molecule has 6 N–H and O–H groups in total. The van der Waals surface area contributed by atoms with Crippen LogP contribution in [0, 0.1) is 0 Å². The van der Waals surface area contributed by atoms with E-state index in [4.69, 9.17) is 21.4 Å². The van der Waals surface area contributed by atoms with E-state index in [0.29, 0.717) is 29.8 Å². The number of aliphatic imine (C=N–C) groups is 1. The van der Waals surface area contributed by atoms with Crippen LogP contribution in [0.5, 0.6) is 0 Å². The molecule has 2 rings (SSSR count). The number of carbonyl (C=O) groups is 1. The maximum absolute atomic E-state index is 12.8. The fourth-order valence-electron chi connectivity index (χ4n) is 2.44. The third-order valence-corrected chi connectivity index (χ3v) is 4.50. The Morgan fingerprint density at radius 3 is 2.73 bits per heavy atom. The normalized spacial score (nSPS) is 14.1. The summed E-state index contributed by atoms with van der Waals surface area (Å²) in [5.41, 5.74) is 12.6. The topological polar surface area (TPSA) is 154 Å². The third kappa shape index (κ3) is 4.88. The fourth-order valence-corrected chi connectivity index (χ4v) is 2.97. The fraction of sp³-hybridized carbons (Fsp3) is 0.375. The van der Waals surface area contributed by atoms with Crippen LogP contribution >= 0.6 is 0 Å². The number of benzene rings is 1. The third-order valence-electron chi connectivity index (χ3n) is 3.59. The van der Waals surface area contributed by atoms with Gasteiger partial charge >= 0.3 is 0 Å². The Morgan fingerprint density at radius 1 is 1.38 bits per heavy atom. The molecule has 10 heteroatoms. The molecular formula is C16H23N5O4S. The van der Waals surface area contributed by atoms with E-state index < -0.39 is 10.0 Å². The molecule has 0 saturated carbocycles. The lowest BCUT2D eigenvalue weighted by Gasteiger charge is -2.22. The summed E-state index contributed by atoms with van der Waals surface area (Å²) in [7, 11) is -3.86. The van der Waals surface area contributed by atoms with Gasteiger partial charge in [-0.05, 0) is 24.6 Å². The van der Waals surface area contributed by atoms with Gasteiger partial charge in [-0.15, -0.1) is 0 Å². The van der Waals surface area contributed by atoms with Gasteiger partial charge in [0.2, 0.25) is 10.0 Å². The summed E-state index contributed by atoms with van der Waals surface area (Å²) in [4.78, 5) is 22.3. The number of fused-ring (bicyclic) bond motifs is 1. The molecule has 1 aromatic carbocycles. The van der Waals surface area contributed by atoms with Crippen LogP contribution in [0.25, 0.3) is 6.08 Å². The predicted octanol–water partition coefficient (Wildman–Crippen LogP) is 0.239. The number of sulfonamides is 1. The van der Waals surface area contributed by atoms with E-state index in [1.807, 2.05) is 6.92 Å². The number of hydrogen-bond acceptors (Lipinski definition) is 7. The van der Waals surface area contributed by atoms with E-state index in [2.05, 4.69) is 4.99 Å². The number of hydrogen-bond donors (Lipinski definition) is 3. The lowest BCUT2D eigenvalue weighted by Crippen LogP contribution is -2.35. The molecular weight excluding hydrogens is 358 g/mol. The molecule has 1 aliphatic heterocycles. The van der Waals surface area contributed by atoms with Crippen LogP contribution in [0.3, 0.4) is 0 Å². The molecule has 1 heterocycles. The zero-order valence-corrected chi connectivity index (χ0v) is 15.3. The summed E-state index contributed by atoms with van der Waals surface area (Å²) in [6.07, 6.45) is 2.45. The number of carbonyl (C=O) groups excluding carboxylic acids is 1. The molecule has 1 aliphatic rings. The van der Waals surface area contributed by atoms with E-state index in [9.17, 15) is 13.2 Å². The van der Waals surface area contributed by atoms with Crippen LogP contribution in [0.15, 0.2) is 33.7 Å². The molecule has 1 aromatic rings. The highest BCUT2D eigenvalue weighted by molar-refractivity contribution is 7.89. The van der Waals surface area contributed by atoms with E-state index in [0.717, 1.165) is 0 Å². The quantitative estimate of drug-likeness (QED) is 0.575. The zero-order chi connectivity index (χ0) is 19.3. The SMILES string of the molecule is CCCN(OCCN)C(=O)C1=Cc2ccc(S(N)(=O)=O)cc2N=C(N)C1. The highest BCUT2D eigenvalue weighted by atomic mass is 32.2. The first kappa shape index (κ1) is 20.0. The van der Waals surface area contributed by atoms with Crippen molar-refractivity contribution in [1.82, 2.24) is 5.06 Å². The Bertz CT molecular complexity index is 848. The van der Waals surface area contributed by atoms with Crippen LogP contribution in [0.4, 0.5) is 5.69 Å². The van der Waals surface area contributed by atoms with Gasteiger partial charge in [0.25, 0.3) is 5.91 Å². The van der Waals surface area contributed by atoms with Crippen molar-refractivity contribution < 1.29 is 18.0 Å². The maximum Gasteiger partial charge on any atom is 0.273 e. The first-order valence-corrected chi connectivity index (χ1v) is 9.66. The Morgan fingerprint density at radius 2 is 2.12 bits per heavy atom. The van der Waals surface area contributed by atoms with Crippen molar-refractivity contribution in [3.05, 3.63) is 29.3 Å². The molecule has 0 aliphatic carbocycles. The highest BCUT2D eigenvalue weighted by Crippen LogP contribution is 2.29. The van der Waals surface area contributed by atoms with E-state index in [-0.39, 0.29) is 36.2 Å². The first-order chi connectivity index (χ1) is 12.3. The molecule has 0 bridgehead atoms. The van der Waals surface area contributed by atoms with Gasteiger partial charge in [-0.1, -0.05) is 13.0 Å². The maximum atomic E-state index is 12.8. The lowest BCUT2D eigenvalue weighted by molar-refractivity contribution is -0.181. The van der Waals surface area contributed by atoms with Crippen molar-refractivity contribution in [1.29, 1.82) is 0 Å².